The first-order valence-electron chi connectivity index (χ1n) is 29.2. The standard InChI is InChI=1S/C59H112O6/c1-4-7-10-13-16-18-20-21-22-23-24-25-26-27-28-29-30-31-32-33-34-35-36-37-38-39-41-43-46-49-52-58(61)64-55-56(54-63-57(60)51-48-45-42-15-12-9-6-3)65-59(62)53-50-47-44-40-19-17-14-11-8-5-2/h11,14,56H,4-10,12-13,15-55H2,1-3H3/b14-11-. The second kappa shape index (κ2) is 54.8. The smallest absolute Gasteiger partial charge is 0.306 e. The van der Waals surface area contributed by atoms with Crippen LogP contribution in [0.5, 0.6) is 0 Å². The van der Waals surface area contributed by atoms with Gasteiger partial charge in [0.1, 0.15) is 13.2 Å². The van der Waals surface area contributed by atoms with Crippen LogP contribution in [0.15, 0.2) is 12.2 Å². The van der Waals surface area contributed by atoms with Crippen LogP contribution in [0.3, 0.4) is 0 Å². The van der Waals surface area contributed by atoms with Crippen molar-refractivity contribution in [2.45, 2.75) is 335 Å². The Morgan fingerprint density at radius 2 is 0.538 bits per heavy atom. The van der Waals surface area contributed by atoms with E-state index in [1.807, 2.05) is 0 Å². The third-order valence-electron chi connectivity index (χ3n) is 13.3. The van der Waals surface area contributed by atoms with Gasteiger partial charge in [-0.25, -0.2) is 0 Å². The maximum absolute atomic E-state index is 12.7. The van der Waals surface area contributed by atoms with Crippen LogP contribution >= 0.6 is 0 Å². The Bertz CT molecular complexity index is 1010. The highest BCUT2D eigenvalue weighted by molar-refractivity contribution is 5.71. The van der Waals surface area contributed by atoms with Crippen LogP contribution in [0, 0.1) is 0 Å². The molecule has 0 radical (unpaired) electrons. The zero-order valence-electron chi connectivity index (χ0n) is 44.0. The lowest BCUT2D eigenvalue weighted by molar-refractivity contribution is -0.167. The zero-order valence-corrected chi connectivity index (χ0v) is 44.0. The number of hydrogen-bond donors (Lipinski definition) is 0. The van der Waals surface area contributed by atoms with Gasteiger partial charge in [-0.05, 0) is 38.5 Å². The lowest BCUT2D eigenvalue weighted by Crippen LogP contribution is -2.30. The summed E-state index contributed by atoms with van der Waals surface area (Å²) in [5, 5.41) is 0. The number of carbonyl (C=O) groups excluding carboxylic acids is 3. The number of ether oxygens (including phenoxy) is 3. The summed E-state index contributed by atoms with van der Waals surface area (Å²) < 4.78 is 16.7. The molecule has 0 aliphatic heterocycles. The van der Waals surface area contributed by atoms with Crippen LogP contribution in [-0.2, 0) is 28.6 Å². The number of esters is 3. The molecule has 0 aromatic rings. The van der Waals surface area contributed by atoms with Crippen molar-refractivity contribution in [2.24, 2.45) is 0 Å². The molecular weight excluding hydrogens is 805 g/mol. The predicted octanol–water partition coefficient (Wildman–Crippen LogP) is 19.3. The van der Waals surface area contributed by atoms with Gasteiger partial charge in [0.05, 0.1) is 0 Å². The molecule has 1 atom stereocenters. The monoisotopic (exact) mass is 917 g/mol. The fourth-order valence-corrected chi connectivity index (χ4v) is 8.86. The van der Waals surface area contributed by atoms with E-state index >= 15 is 0 Å². The van der Waals surface area contributed by atoms with E-state index in [2.05, 4.69) is 32.9 Å². The van der Waals surface area contributed by atoms with Gasteiger partial charge >= 0.3 is 17.9 Å². The molecule has 0 aliphatic carbocycles. The largest absolute Gasteiger partial charge is 0.462 e. The van der Waals surface area contributed by atoms with E-state index in [9.17, 15) is 14.4 Å². The van der Waals surface area contributed by atoms with E-state index in [1.54, 1.807) is 0 Å². The van der Waals surface area contributed by atoms with Gasteiger partial charge in [-0.3, -0.25) is 14.4 Å². The third-order valence-corrected chi connectivity index (χ3v) is 13.3. The molecule has 0 spiro atoms. The van der Waals surface area contributed by atoms with Crippen LogP contribution in [0.1, 0.15) is 329 Å². The summed E-state index contributed by atoms with van der Waals surface area (Å²) in [6, 6.07) is 0. The Labute approximate surface area is 405 Å². The highest BCUT2D eigenvalue weighted by Gasteiger charge is 2.19. The first kappa shape index (κ1) is 63.1. The molecule has 0 rings (SSSR count). The van der Waals surface area contributed by atoms with Crippen molar-refractivity contribution in [2.75, 3.05) is 13.2 Å². The highest BCUT2D eigenvalue weighted by atomic mass is 16.6. The topological polar surface area (TPSA) is 78.9 Å². The summed E-state index contributed by atoms with van der Waals surface area (Å²) in [5.41, 5.74) is 0. The van der Waals surface area contributed by atoms with Crippen molar-refractivity contribution >= 4 is 17.9 Å². The van der Waals surface area contributed by atoms with Gasteiger partial charge in [0.2, 0.25) is 0 Å². The fourth-order valence-electron chi connectivity index (χ4n) is 8.86. The molecule has 384 valence electrons. The molecular formula is C59H112O6. The van der Waals surface area contributed by atoms with Gasteiger partial charge in [-0.2, -0.15) is 0 Å². The number of allylic oxidation sites excluding steroid dienone is 2. The second-order valence-corrected chi connectivity index (χ2v) is 19.9. The van der Waals surface area contributed by atoms with E-state index in [0.29, 0.717) is 19.3 Å². The summed E-state index contributed by atoms with van der Waals surface area (Å²) in [4.78, 5) is 37.7. The lowest BCUT2D eigenvalue weighted by Gasteiger charge is -2.18. The number of rotatable bonds is 54. The lowest BCUT2D eigenvalue weighted by atomic mass is 10.0. The second-order valence-electron chi connectivity index (χ2n) is 19.9. The van der Waals surface area contributed by atoms with Gasteiger partial charge in [0.15, 0.2) is 6.10 Å². The van der Waals surface area contributed by atoms with Crippen LogP contribution < -0.4 is 0 Å². The first-order chi connectivity index (χ1) is 32.0. The molecule has 65 heavy (non-hydrogen) atoms. The first-order valence-corrected chi connectivity index (χ1v) is 29.2. The van der Waals surface area contributed by atoms with Gasteiger partial charge in [-0.1, -0.05) is 283 Å². The molecule has 1 unspecified atom stereocenters. The Hall–Kier alpha value is -1.85. The maximum Gasteiger partial charge on any atom is 0.306 e. The van der Waals surface area contributed by atoms with Gasteiger partial charge < -0.3 is 14.2 Å². The van der Waals surface area contributed by atoms with Crippen LogP contribution in [0.25, 0.3) is 0 Å². The number of unbranched alkanes of at least 4 members (excludes halogenated alkanes) is 41. The maximum atomic E-state index is 12.7. The van der Waals surface area contributed by atoms with Crippen molar-refractivity contribution in [1.82, 2.24) is 0 Å². The average molecular weight is 918 g/mol. The summed E-state index contributed by atoms with van der Waals surface area (Å²) in [7, 11) is 0. The van der Waals surface area contributed by atoms with Crippen molar-refractivity contribution in [3.8, 4) is 0 Å². The molecule has 6 heteroatoms. The SMILES string of the molecule is CCC/C=C\CCCCCCCC(=O)OC(COC(=O)CCCCCCCCC)COC(=O)CCCCCCCCCCCCCCCCCCCCCCCCCCCCCCCC. The molecule has 0 saturated carbocycles. The van der Waals surface area contributed by atoms with Gasteiger partial charge in [0.25, 0.3) is 0 Å². The molecule has 0 bridgehead atoms. The minimum atomic E-state index is -0.766. The minimum absolute atomic E-state index is 0.0690. The normalized spacial score (nSPS) is 12.0. The van der Waals surface area contributed by atoms with E-state index in [-0.39, 0.29) is 31.1 Å². The Balaban J connectivity index is 3.89. The molecule has 0 saturated heterocycles. The van der Waals surface area contributed by atoms with Crippen molar-refractivity contribution in [3.63, 3.8) is 0 Å². The molecule has 0 aromatic heterocycles. The quantitative estimate of drug-likeness (QED) is 0.0262. The third kappa shape index (κ3) is 53.0. The van der Waals surface area contributed by atoms with Gasteiger partial charge in [-0.15, -0.1) is 0 Å². The molecule has 0 aliphatic rings. The summed E-state index contributed by atoms with van der Waals surface area (Å²) >= 11 is 0. The zero-order chi connectivity index (χ0) is 47.2. The molecule has 0 N–H and O–H groups in total. The summed E-state index contributed by atoms with van der Waals surface area (Å²) in [6.45, 7) is 6.57. The fraction of sp³-hybridized carbons (Fsp3) is 0.915. The number of carbonyl (C=O) groups is 3. The Morgan fingerprint density at radius 3 is 0.831 bits per heavy atom. The molecule has 0 aromatic carbocycles. The van der Waals surface area contributed by atoms with E-state index < -0.39 is 6.10 Å². The van der Waals surface area contributed by atoms with Crippen LogP contribution in [0.2, 0.25) is 0 Å². The summed E-state index contributed by atoms with van der Waals surface area (Å²) in [5.74, 6) is -0.871. The van der Waals surface area contributed by atoms with E-state index in [1.165, 1.54) is 218 Å². The van der Waals surface area contributed by atoms with Crippen molar-refractivity contribution in [3.05, 3.63) is 12.2 Å². The molecule has 0 amide bonds. The molecule has 0 fully saturated rings. The van der Waals surface area contributed by atoms with E-state index in [0.717, 1.165) is 70.6 Å². The average Bonchev–Trinajstić information content (AvgIpc) is 3.30. The van der Waals surface area contributed by atoms with Crippen molar-refractivity contribution < 1.29 is 28.6 Å². The van der Waals surface area contributed by atoms with Crippen LogP contribution in [-0.4, -0.2) is 37.2 Å². The Morgan fingerprint density at radius 1 is 0.292 bits per heavy atom. The minimum Gasteiger partial charge on any atom is -0.462 e. The molecule has 6 nitrogen and oxygen atoms in total. The van der Waals surface area contributed by atoms with E-state index in [4.69, 9.17) is 14.2 Å². The van der Waals surface area contributed by atoms with Crippen molar-refractivity contribution in [1.29, 1.82) is 0 Å². The highest BCUT2D eigenvalue weighted by Crippen LogP contribution is 2.18. The molecule has 0 heterocycles. The number of hydrogen-bond acceptors (Lipinski definition) is 6. The summed E-state index contributed by atoms with van der Waals surface area (Å²) in [6.07, 6.45) is 62.7. The van der Waals surface area contributed by atoms with Crippen LogP contribution in [0.4, 0.5) is 0 Å². The Kier molecular flexibility index (Phi) is 53.2. The predicted molar refractivity (Wildman–Crippen MR) is 280 cm³/mol. The van der Waals surface area contributed by atoms with Gasteiger partial charge in [0, 0.05) is 19.3 Å².